The minimum Gasteiger partial charge on any atom is -0.476 e. The van der Waals surface area contributed by atoms with E-state index in [-0.39, 0.29) is 23.4 Å². The highest BCUT2D eigenvalue weighted by Crippen LogP contribution is 2.34. The largest absolute Gasteiger partial charge is 0.476 e. The fourth-order valence-corrected chi connectivity index (χ4v) is 2.93. The second kappa shape index (κ2) is 6.00. The summed E-state index contributed by atoms with van der Waals surface area (Å²) < 4.78 is 4.92. The standard InChI is InChI=1S/C12H15N5O3S/c1-6-10(21-8(3)15-6)7(2)16-11-9(17(18)19)12(20-4)14-5-13-11/h5,7H,1-4H3,(H,13,14,16). The van der Waals surface area contributed by atoms with Crippen molar-refractivity contribution in [2.45, 2.75) is 26.8 Å². The highest BCUT2D eigenvalue weighted by Gasteiger charge is 2.25. The number of nitrogens with one attached hydrogen (secondary N) is 1. The van der Waals surface area contributed by atoms with Gasteiger partial charge >= 0.3 is 5.69 Å². The summed E-state index contributed by atoms with van der Waals surface area (Å²) in [5.74, 6) is 0.0618. The van der Waals surface area contributed by atoms with Crippen molar-refractivity contribution in [3.8, 4) is 5.88 Å². The van der Waals surface area contributed by atoms with E-state index in [2.05, 4.69) is 20.3 Å². The first-order valence-corrected chi connectivity index (χ1v) is 6.99. The molecule has 1 atom stereocenters. The normalized spacial score (nSPS) is 12.0. The van der Waals surface area contributed by atoms with Crippen molar-refractivity contribution in [3.05, 3.63) is 32.0 Å². The summed E-state index contributed by atoms with van der Waals surface area (Å²) in [6, 6.07) is -0.158. The molecule has 0 aliphatic heterocycles. The number of methoxy groups -OCH3 is 1. The molecule has 8 nitrogen and oxygen atoms in total. The summed E-state index contributed by atoms with van der Waals surface area (Å²) >= 11 is 1.55. The average Bonchev–Trinajstić information content (AvgIpc) is 2.77. The second-order valence-electron chi connectivity index (χ2n) is 4.39. The number of nitro groups is 1. The highest BCUT2D eigenvalue weighted by molar-refractivity contribution is 7.11. The number of rotatable bonds is 5. The lowest BCUT2D eigenvalue weighted by atomic mass is 10.2. The Labute approximate surface area is 125 Å². The van der Waals surface area contributed by atoms with Crippen molar-refractivity contribution in [2.24, 2.45) is 0 Å². The summed E-state index contributed by atoms with van der Waals surface area (Å²) in [5, 5.41) is 15.2. The van der Waals surface area contributed by atoms with Gasteiger partial charge in [-0.2, -0.15) is 4.98 Å². The van der Waals surface area contributed by atoms with Crippen LogP contribution < -0.4 is 10.1 Å². The number of nitrogens with zero attached hydrogens (tertiary/aromatic N) is 4. The molecule has 0 aliphatic carbocycles. The molecular formula is C12H15N5O3S. The summed E-state index contributed by atoms with van der Waals surface area (Å²) in [4.78, 5) is 23.7. The number of hydrogen-bond acceptors (Lipinski definition) is 8. The molecule has 0 aromatic carbocycles. The van der Waals surface area contributed by atoms with Crippen LogP contribution in [-0.4, -0.2) is 27.0 Å². The van der Waals surface area contributed by atoms with Gasteiger partial charge in [0, 0.05) is 4.88 Å². The van der Waals surface area contributed by atoms with Crippen molar-refractivity contribution in [2.75, 3.05) is 12.4 Å². The lowest BCUT2D eigenvalue weighted by Gasteiger charge is -2.14. The summed E-state index contributed by atoms with van der Waals surface area (Å²) in [6.07, 6.45) is 1.23. The van der Waals surface area contributed by atoms with Crippen LogP contribution >= 0.6 is 11.3 Å². The Morgan fingerprint density at radius 3 is 2.67 bits per heavy atom. The van der Waals surface area contributed by atoms with Crippen LogP contribution in [0.5, 0.6) is 5.88 Å². The van der Waals surface area contributed by atoms with Crippen LogP contribution in [0.25, 0.3) is 0 Å². The molecule has 0 amide bonds. The number of thiazole rings is 1. The molecule has 0 radical (unpaired) electrons. The molecule has 2 heterocycles. The average molecular weight is 309 g/mol. The van der Waals surface area contributed by atoms with Crippen LogP contribution in [0, 0.1) is 24.0 Å². The van der Waals surface area contributed by atoms with E-state index >= 15 is 0 Å². The van der Waals surface area contributed by atoms with Gasteiger partial charge in [-0.25, -0.2) is 9.97 Å². The number of aryl methyl sites for hydroxylation is 2. The first-order chi connectivity index (χ1) is 9.93. The minimum atomic E-state index is -0.557. The molecule has 2 rings (SSSR count). The third-order valence-electron chi connectivity index (χ3n) is 2.85. The zero-order valence-electron chi connectivity index (χ0n) is 12.1. The fourth-order valence-electron chi connectivity index (χ4n) is 2.00. The van der Waals surface area contributed by atoms with Gasteiger partial charge in [0.15, 0.2) is 0 Å². The van der Waals surface area contributed by atoms with E-state index in [0.717, 1.165) is 15.6 Å². The molecule has 1 N–H and O–H groups in total. The van der Waals surface area contributed by atoms with Crippen molar-refractivity contribution in [1.82, 2.24) is 15.0 Å². The topological polar surface area (TPSA) is 103 Å². The lowest BCUT2D eigenvalue weighted by molar-refractivity contribution is -0.385. The summed E-state index contributed by atoms with van der Waals surface area (Å²) in [6.45, 7) is 5.73. The molecule has 0 fully saturated rings. The van der Waals surface area contributed by atoms with E-state index in [1.165, 1.54) is 13.4 Å². The van der Waals surface area contributed by atoms with Gasteiger partial charge < -0.3 is 10.1 Å². The van der Waals surface area contributed by atoms with Gasteiger partial charge in [-0.1, -0.05) is 0 Å². The zero-order valence-corrected chi connectivity index (χ0v) is 12.9. The SMILES string of the molecule is COc1ncnc(NC(C)c2sc(C)nc2C)c1[N+](=O)[O-]. The Balaban J connectivity index is 2.35. The molecule has 2 aromatic rings. The summed E-state index contributed by atoms with van der Waals surface area (Å²) in [5.41, 5.74) is 0.631. The first kappa shape index (κ1) is 15.1. The van der Waals surface area contributed by atoms with Crippen molar-refractivity contribution < 1.29 is 9.66 Å². The molecule has 0 spiro atoms. The van der Waals surface area contributed by atoms with Crippen molar-refractivity contribution in [3.63, 3.8) is 0 Å². The molecule has 0 saturated carbocycles. The molecule has 2 aromatic heterocycles. The van der Waals surface area contributed by atoms with Crippen LogP contribution in [0.2, 0.25) is 0 Å². The maximum atomic E-state index is 11.2. The third-order valence-corrected chi connectivity index (χ3v) is 4.11. The Hall–Kier alpha value is -2.29. The van der Waals surface area contributed by atoms with Gasteiger partial charge in [-0.3, -0.25) is 10.1 Å². The van der Waals surface area contributed by atoms with Gasteiger partial charge in [0.2, 0.25) is 5.82 Å². The maximum Gasteiger partial charge on any atom is 0.372 e. The van der Waals surface area contributed by atoms with Gasteiger partial charge in [0.05, 0.1) is 28.8 Å². The lowest BCUT2D eigenvalue weighted by Crippen LogP contribution is -2.11. The number of ether oxygens (including phenoxy) is 1. The first-order valence-electron chi connectivity index (χ1n) is 6.17. The van der Waals surface area contributed by atoms with E-state index < -0.39 is 4.92 Å². The molecule has 0 bridgehead atoms. The van der Waals surface area contributed by atoms with E-state index in [1.807, 2.05) is 20.8 Å². The molecule has 21 heavy (non-hydrogen) atoms. The second-order valence-corrected chi connectivity index (χ2v) is 5.62. The smallest absolute Gasteiger partial charge is 0.372 e. The van der Waals surface area contributed by atoms with Crippen LogP contribution in [-0.2, 0) is 0 Å². The molecule has 0 aliphatic rings. The Bertz CT molecular complexity index is 673. The Morgan fingerprint density at radius 2 is 2.14 bits per heavy atom. The highest BCUT2D eigenvalue weighted by atomic mass is 32.1. The summed E-state index contributed by atoms with van der Waals surface area (Å²) in [7, 11) is 1.33. The third kappa shape index (κ3) is 3.07. The number of hydrogen-bond donors (Lipinski definition) is 1. The van der Waals surface area contributed by atoms with E-state index in [9.17, 15) is 10.1 Å². The molecular weight excluding hydrogens is 294 g/mol. The number of aromatic nitrogens is 3. The van der Waals surface area contributed by atoms with Crippen LogP contribution in [0.4, 0.5) is 11.5 Å². The maximum absolute atomic E-state index is 11.2. The van der Waals surface area contributed by atoms with Gasteiger partial charge in [-0.15, -0.1) is 11.3 Å². The predicted molar refractivity (Wildman–Crippen MR) is 78.9 cm³/mol. The Morgan fingerprint density at radius 1 is 1.43 bits per heavy atom. The number of anilines is 1. The minimum absolute atomic E-state index is 0.0677. The Kier molecular flexibility index (Phi) is 4.32. The fraction of sp³-hybridized carbons (Fsp3) is 0.417. The van der Waals surface area contributed by atoms with Crippen LogP contribution in [0.15, 0.2) is 6.33 Å². The van der Waals surface area contributed by atoms with Crippen LogP contribution in [0.3, 0.4) is 0 Å². The molecule has 0 saturated heterocycles. The van der Waals surface area contributed by atoms with Crippen LogP contribution in [0.1, 0.15) is 28.5 Å². The monoisotopic (exact) mass is 309 g/mol. The van der Waals surface area contributed by atoms with E-state index in [4.69, 9.17) is 4.74 Å². The van der Waals surface area contributed by atoms with Gasteiger partial charge in [0.1, 0.15) is 6.33 Å². The van der Waals surface area contributed by atoms with Crippen molar-refractivity contribution >= 4 is 22.8 Å². The van der Waals surface area contributed by atoms with E-state index in [0.29, 0.717) is 0 Å². The predicted octanol–water partition coefficient (Wildman–Crippen LogP) is 2.64. The van der Waals surface area contributed by atoms with Gasteiger partial charge in [-0.05, 0) is 20.8 Å². The quantitative estimate of drug-likeness (QED) is 0.668. The zero-order chi connectivity index (χ0) is 15.6. The molecule has 1 unspecified atom stereocenters. The molecule has 112 valence electrons. The van der Waals surface area contributed by atoms with Crippen molar-refractivity contribution in [1.29, 1.82) is 0 Å². The van der Waals surface area contributed by atoms with E-state index in [1.54, 1.807) is 11.3 Å². The van der Waals surface area contributed by atoms with Gasteiger partial charge in [0.25, 0.3) is 5.88 Å². The molecule has 9 heteroatoms.